The number of esters is 3. The van der Waals surface area contributed by atoms with Gasteiger partial charge in [0.15, 0.2) is 0 Å². The molecule has 3 aliphatic rings. The molecule has 0 aromatic rings. The van der Waals surface area contributed by atoms with E-state index in [4.69, 9.17) is 14.2 Å². The Morgan fingerprint density at radius 2 is 1.92 bits per heavy atom. The van der Waals surface area contributed by atoms with Crippen molar-refractivity contribution in [3.8, 4) is 0 Å². The van der Waals surface area contributed by atoms with Gasteiger partial charge < -0.3 is 14.2 Å². The molecule has 2 bridgehead atoms. The van der Waals surface area contributed by atoms with Gasteiger partial charge in [0, 0.05) is 18.4 Å². The first-order valence-corrected chi connectivity index (χ1v) is 9.65. The second kappa shape index (κ2) is 7.41. The van der Waals surface area contributed by atoms with Crippen LogP contribution in [0.25, 0.3) is 0 Å². The summed E-state index contributed by atoms with van der Waals surface area (Å²) >= 11 is 0. The molecule has 0 N–H and O–H groups in total. The Bertz CT molecular complexity index is 603. The Labute approximate surface area is 154 Å². The molecule has 6 heteroatoms. The van der Waals surface area contributed by atoms with Crippen molar-refractivity contribution in [2.24, 2.45) is 11.8 Å². The Hall–Kier alpha value is -1.85. The summed E-state index contributed by atoms with van der Waals surface area (Å²) in [5.74, 6) is -2.38. The SMILES string of the molecule is C=C(C)C(=O)OC1CC(C(=O)OC2(CC)CCCCC2)C2CC1OC2=O. The van der Waals surface area contributed by atoms with Crippen LogP contribution in [0.2, 0.25) is 0 Å². The minimum atomic E-state index is -0.622. The van der Waals surface area contributed by atoms with Crippen molar-refractivity contribution in [2.45, 2.75) is 83.0 Å². The van der Waals surface area contributed by atoms with Crippen LogP contribution in [0, 0.1) is 11.8 Å². The topological polar surface area (TPSA) is 78.9 Å². The van der Waals surface area contributed by atoms with Gasteiger partial charge in [0.05, 0.1) is 11.8 Å². The smallest absolute Gasteiger partial charge is 0.333 e. The van der Waals surface area contributed by atoms with Crippen molar-refractivity contribution < 1.29 is 28.6 Å². The fourth-order valence-corrected chi connectivity index (χ4v) is 4.39. The van der Waals surface area contributed by atoms with Crippen molar-refractivity contribution in [1.82, 2.24) is 0 Å². The van der Waals surface area contributed by atoms with E-state index in [-0.39, 0.29) is 23.9 Å². The first kappa shape index (κ1) is 18.9. The highest BCUT2D eigenvalue weighted by Crippen LogP contribution is 2.43. The fraction of sp³-hybridized carbons (Fsp3) is 0.750. The first-order valence-electron chi connectivity index (χ1n) is 9.65. The summed E-state index contributed by atoms with van der Waals surface area (Å²) in [4.78, 5) is 37.0. The van der Waals surface area contributed by atoms with Crippen LogP contribution < -0.4 is 0 Å². The van der Waals surface area contributed by atoms with Gasteiger partial charge in [-0.05, 0) is 39.0 Å². The van der Waals surface area contributed by atoms with E-state index in [1.807, 2.05) is 6.92 Å². The van der Waals surface area contributed by atoms with Crippen LogP contribution in [0.3, 0.4) is 0 Å². The van der Waals surface area contributed by atoms with E-state index >= 15 is 0 Å². The summed E-state index contributed by atoms with van der Waals surface area (Å²) in [6.45, 7) is 7.18. The average molecular weight is 364 g/mol. The zero-order chi connectivity index (χ0) is 18.9. The third-order valence-electron chi connectivity index (χ3n) is 6.08. The van der Waals surface area contributed by atoms with Gasteiger partial charge in [0.2, 0.25) is 0 Å². The summed E-state index contributed by atoms with van der Waals surface area (Å²) in [6.07, 6.45) is 5.34. The lowest BCUT2D eigenvalue weighted by Crippen LogP contribution is -2.44. The third-order valence-corrected chi connectivity index (χ3v) is 6.08. The minimum absolute atomic E-state index is 0.263. The molecule has 0 amide bonds. The van der Waals surface area contributed by atoms with Gasteiger partial charge in [-0.2, -0.15) is 0 Å². The number of ether oxygens (including phenoxy) is 3. The standard InChI is InChI=1S/C20H28O6/c1-4-20(8-6-5-7-9-20)26-19(23)14-11-15(24-17(21)12(2)3)16-10-13(14)18(22)25-16/h13-16H,2,4-11H2,1,3H3. The van der Waals surface area contributed by atoms with Crippen LogP contribution >= 0.6 is 0 Å². The molecule has 3 fully saturated rings. The molecule has 2 saturated carbocycles. The molecule has 6 nitrogen and oxygen atoms in total. The number of carbonyl (C=O) groups is 3. The van der Waals surface area contributed by atoms with Gasteiger partial charge in [-0.1, -0.05) is 19.9 Å². The molecule has 0 aromatic carbocycles. The highest BCUT2D eigenvalue weighted by atomic mass is 16.6. The second-order valence-corrected chi connectivity index (χ2v) is 7.90. The maximum absolute atomic E-state index is 12.9. The van der Waals surface area contributed by atoms with Crippen LogP contribution in [-0.2, 0) is 28.6 Å². The van der Waals surface area contributed by atoms with E-state index in [2.05, 4.69) is 6.58 Å². The molecular formula is C20H28O6. The molecule has 1 saturated heterocycles. The van der Waals surface area contributed by atoms with E-state index in [1.54, 1.807) is 6.92 Å². The Morgan fingerprint density at radius 1 is 1.23 bits per heavy atom. The number of fused-ring (bicyclic) bond motifs is 2. The van der Waals surface area contributed by atoms with Crippen LogP contribution in [0.4, 0.5) is 0 Å². The maximum Gasteiger partial charge on any atom is 0.333 e. The summed E-state index contributed by atoms with van der Waals surface area (Å²) < 4.78 is 16.7. The molecule has 0 radical (unpaired) electrons. The van der Waals surface area contributed by atoms with E-state index < -0.39 is 35.6 Å². The average Bonchev–Trinajstić information content (AvgIpc) is 2.94. The Balaban J connectivity index is 1.72. The lowest BCUT2D eigenvalue weighted by Gasteiger charge is -2.38. The van der Waals surface area contributed by atoms with E-state index in [0.29, 0.717) is 6.42 Å². The van der Waals surface area contributed by atoms with Gasteiger partial charge in [0.1, 0.15) is 17.8 Å². The van der Waals surface area contributed by atoms with E-state index in [1.165, 1.54) is 0 Å². The highest BCUT2D eigenvalue weighted by Gasteiger charge is 2.54. The lowest BCUT2D eigenvalue weighted by molar-refractivity contribution is -0.176. The molecule has 1 aliphatic heterocycles. The van der Waals surface area contributed by atoms with Crippen molar-refractivity contribution in [2.75, 3.05) is 0 Å². The van der Waals surface area contributed by atoms with E-state index in [9.17, 15) is 14.4 Å². The second-order valence-electron chi connectivity index (χ2n) is 7.90. The highest BCUT2D eigenvalue weighted by molar-refractivity contribution is 5.88. The third kappa shape index (κ3) is 3.64. The van der Waals surface area contributed by atoms with Gasteiger partial charge in [-0.3, -0.25) is 9.59 Å². The quantitative estimate of drug-likeness (QED) is 0.424. The molecule has 1 heterocycles. The van der Waals surface area contributed by atoms with E-state index in [0.717, 1.165) is 38.5 Å². The molecule has 144 valence electrons. The van der Waals surface area contributed by atoms with Crippen LogP contribution in [0.15, 0.2) is 12.2 Å². The zero-order valence-electron chi connectivity index (χ0n) is 15.6. The van der Waals surface area contributed by atoms with Crippen LogP contribution in [0.5, 0.6) is 0 Å². The molecule has 4 atom stereocenters. The number of rotatable bonds is 5. The summed E-state index contributed by atoms with van der Waals surface area (Å²) in [7, 11) is 0. The van der Waals surface area contributed by atoms with Crippen molar-refractivity contribution in [1.29, 1.82) is 0 Å². The van der Waals surface area contributed by atoms with Crippen molar-refractivity contribution in [3.63, 3.8) is 0 Å². The van der Waals surface area contributed by atoms with Crippen LogP contribution in [0.1, 0.15) is 65.2 Å². The summed E-state index contributed by atoms with van der Waals surface area (Å²) in [6, 6.07) is 0. The van der Waals surface area contributed by atoms with Gasteiger partial charge in [-0.25, -0.2) is 4.79 Å². The Kier molecular flexibility index (Phi) is 5.39. The lowest BCUT2D eigenvalue weighted by atomic mass is 9.77. The van der Waals surface area contributed by atoms with Gasteiger partial charge in [0.25, 0.3) is 0 Å². The molecular weight excluding hydrogens is 336 g/mol. The fourth-order valence-electron chi connectivity index (χ4n) is 4.39. The predicted octanol–water partition coefficient (Wildman–Crippen LogP) is 3.08. The molecule has 3 rings (SSSR count). The van der Waals surface area contributed by atoms with Crippen molar-refractivity contribution >= 4 is 17.9 Å². The molecule has 26 heavy (non-hydrogen) atoms. The predicted molar refractivity (Wildman–Crippen MR) is 93.0 cm³/mol. The van der Waals surface area contributed by atoms with Crippen LogP contribution in [-0.4, -0.2) is 35.7 Å². The Morgan fingerprint density at radius 3 is 2.54 bits per heavy atom. The zero-order valence-corrected chi connectivity index (χ0v) is 15.6. The first-order chi connectivity index (χ1) is 12.3. The summed E-state index contributed by atoms with van der Waals surface area (Å²) in [5, 5.41) is 0. The molecule has 2 aliphatic carbocycles. The normalized spacial score (nSPS) is 32.5. The minimum Gasteiger partial charge on any atom is -0.459 e. The number of hydrogen-bond donors (Lipinski definition) is 0. The number of hydrogen-bond acceptors (Lipinski definition) is 6. The molecule has 4 unspecified atom stereocenters. The monoisotopic (exact) mass is 364 g/mol. The van der Waals surface area contributed by atoms with Crippen molar-refractivity contribution in [3.05, 3.63) is 12.2 Å². The summed E-state index contributed by atoms with van der Waals surface area (Å²) in [5.41, 5.74) is -0.138. The largest absolute Gasteiger partial charge is 0.459 e. The molecule has 0 aromatic heterocycles. The van der Waals surface area contributed by atoms with Gasteiger partial charge in [-0.15, -0.1) is 0 Å². The molecule has 0 spiro atoms. The van der Waals surface area contributed by atoms with Gasteiger partial charge >= 0.3 is 17.9 Å². The maximum atomic E-state index is 12.9. The number of carbonyl (C=O) groups excluding carboxylic acids is 3.